The minimum Gasteiger partial charge on any atom is -0.482 e. The molecule has 0 spiro atoms. The van der Waals surface area contributed by atoms with E-state index in [1.165, 1.54) is 0 Å². The molecule has 0 unspecified atom stereocenters. The van der Waals surface area contributed by atoms with Gasteiger partial charge in [-0.15, -0.1) is 0 Å². The number of esters is 1. The van der Waals surface area contributed by atoms with Crippen molar-refractivity contribution in [1.29, 1.82) is 0 Å². The fourth-order valence-electron chi connectivity index (χ4n) is 1.05. The maximum absolute atomic E-state index is 11.2. The van der Waals surface area contributed by atoms with E-state index >= 15 is 0 Å². The lowest BCUT2D eigenvalue weighted by Crippen LogP contribution is -2.15. The fourth-order valence-corrected chi connectivity index (χ4v) is 1.40. The van der Waals surface area contributed by atoms with E-state index in [1.54, 1.807) is 0 Å². The lowest BCUT2D eigenvalue weighted by atomic mass is 10.3. The molecule has 0 amide bonds. The number of halogens is 1. The zero-order valence-electron chi connectivity index (χ0n) is 9.24. The predicted molar refractivity (Wildman–Crippen MR) is 70.5 cm³/mol. The number of benzene rings is 1. The molecule has 0 N–H and O–H groups in total. The Bertz CT molecular complexity index is 322. The number of rotatable bonds is 6. The summed E-state index contributed by atoms with van der Waals surface area (Å²) in [4.78, 5) is 11.2. The maximum Gasteiger partial charge on any atom is 0.344 e. The van der Waals surface area contributed by atoms with Gasteiger partial charge in [-0.25, -0.2) is 4.79 Å². The third-order valence-electron chi connectivity index (χ3n) is 1.93. The van der Waals surface area contributed by atoms with E-state index in [9.17, 15) is 4.79 Å². The molecule has 1 rings (SSSR count). The van der Waals surface area contributed by atoms with Crippen LogP contribution in [-0.2, 0) is 9.53 Å². The van der Waals surface area contributed by atoms with Gasteiger partial charge in [0, 0.05) is 3.57 Å². The van der Waals surface area contributed by atoms with E-state index < -0.39 is 0 Å². The van der Waals surface area contributed by atoms with E-state index in [1.807, 2.05) is 24.3 Å². The first-order valence-corrected chi connectivity index (χ1v) is 6.34. The Kier molecular flexibility index (Phi) is 6.22. The van der Waals surface area contributed by atoms with Gasteiger partial charge in [-0.2, -0.15) is 0 Å². The van der Waals surface area contributed by atoms with Gasteiger partial charge in [-0.1, -0.05) is 13.3 Å². The normalized spacial score (nSPS) is 9.88. The van der Waals surface area contributed by atoms with Gasteiger partial charge in [0.2, 0.25) is 0 Å². The van der Waals surface area contributed by atoms with Gasteiger partial charge in [0.05, 0.1) is 6.61 Å². The Morgan fingerprint density at radius 1 is 1.31 bits per heavy atom. The summed E-state index contributed by atoms with van der Waals surface area (Å²) in [7, 11) is 0. The van der Waals surface area contributed by atoms with Crippen molar-refractivity contribution >= 4 is 28.6 Å². The van der Waals surface area contributed by atoms with Crippen LogP contribution in [0.2, 0.25) is 0 Å². The molecule has 1 aromatic carbocycles. The zero-order chi connectivity index (χ0) is 11.8. The average molecular weight is 334 g/mol. The Labute approximate surface area is 109 Å². The quantitative estimate of drug-likeness (QED) is 0.456. The van der Waals surface area contributed by atoms with Gasteiger partial charge in [0.15, 0.2) is 6.61 Å². The number of hydrogen-bond acceptors (Lipinski definition) is 3. The molecular formula is C12H15IO3. The van der Waals surface area contributed by atoms with Gasteiger partial charge in [-0.05, 0) is 53.3 Å². The first kappa shape index (κ1) is 13.3. The zero-order valence-corrected chi connectivity index (χ0v) is 11.4. The largest absolute Gasteiger partial charge is 0.482 e. The standard InChI is InChI=1S/C12H15IO3/c1-2-3-8-15-12(14)9-16-11-6-4-10(13)5-7-11/h4-7H,2-3,8-9H2,1H3. The molecule has 16 heavy (non-hydrogen) atoms. The van der Waals surface area contributed by atoms with Crippen molar-refractivity contribution in [2.75, 3.05) is 13.2 Å². The highest BCUT2D eigenvalue weighted by Crippen LogP contribution is 2.13. The number of unbranched alkanes of at least 4 members (excludes halogenated alkanes) is 1. The molecule has 0 aromatic heterocycles. The van der Waals surface area contributed by atoms with Crippen molar-refractivity contribution < 1.29 is 14.3 Å². The van der Waals surface area contributed by atoms with Crippen LogP contribution >= 0.6 is 22.6 Å². The van der Waals surface area contributed by atoms with E-state index in [4.69, 9.17) is 9.47 Å². The summed E-state index contributed by atoms with van der Waals surface area (Å²) < 4.78 is 11.4. The lowest BCUT2D eigenvalue weighted by molar-refractivity contribution is -0.146. The molecule has 0 aliphatic carbocycles. The Morgan fingerprint density at radius 3 is 2.62 bits per heavy atom. The number of carbonyl (C=O) groups excluding carboxylic acids is 1. The molecule has 0 saturated heterocycles. The molecule has 88 valence electrons. The summed E-state index contributed by atoms with van der Waals surface area (Å²) in [6.07, 6.45) is 1.92. The second kappa shape index (κ2) is 7.49. The molecule has 1 aromatic rings. The summed E-state index contributed by atoms with van der Waals surface area (Å²) in [6, 6.07) is 7.53. The van der Waals surface area contributed by atoms with Crippen LogP contribution in [0, 0.1) is 3.57 Å². The first-order chi connectivity index (χ1) is 7.72. The van der Waals surface area contributed by atoms with Gasteiger partial charge < -0.3 is 9.47 Å². The maximum atomic E-state index is 11.2. The Hall–Kier alpha value is -0.780. The Balaban J connectivity index is 2.23. The molecule has 0 bridgehead atoms. The second-order valence-electron chi connectivity index (χ2n) is 3.32. The van der Waals surface area contributed by atoms with Crippen LogP contribution in [0.3, 0.4) is 0 Å². The van der Waals surface area contributed by atoms with Crippen molar-refractivity contribution in [2.45, 2.75) is 19.8 Å². The molecule has 0 atom stereocenters. The van der Waals surface area contributed by atoms with Crippen LogP contribution in [0.25, 0.3) is 0 Å². The summed E-state index contributed by atoms with van der Waals surface area (Å²) in [5, 5.41) is 0. The minimum absolute atomic E-state index is 0.0235. The van der Waals surface area contributed by atoms with Gasteiger partial charge >= 0.3 is 5.97 Å². The van der Waals surface area contributed by atoms with Crippen LogP contribution in [0.15, 0.2) is 24.3 Å². The molecule has 0 heterocycles. The Morgan fingerprint density at radius 2 is 2.00 bits per heavy atom. The molecule has 0 aliphatic heterocycles. The van der Waals surface area contributed by atoms with E-state index in [0.717, 1.165) is 16.4 Å². The molecule has 3 nitrogen and oxygen atoms in total. The number of ether oxygens (including phenoxy) is 2. The van der Waals surface area contributed by atoms with Crippen LogP contribution in [0.5, 0.6) is 5.75 Å². The predicted octanol–water partition coefficient (Wildman–Crippen LogP) is 3.01. The van der Waals surface area contributed by atoms with Crippen molar-refractivity contribution in [3.05, 3.63) is 27.8 Å². The summed E-state index contributed by atoms with van der Waals surface area (Å²) in [5.74, 6) is 0.375. The molecule has 0 fully saturated rings. The van der Waals surface area contributed by atoms with Crippen LogP contribution in [0.4, 0.5) is 0 Å². The van der Waals surface area contributed by atoms with Crippen LogP contribution in [-0.4, -0.2) is 19.2 Å². The number of carbonyl (C=O) groups is 1. The smallest absolute Gasteiger partial charge is 0.344 e. The first-order valence-electron chi connectivity index (χ1n) is 5.26. The minimum atomic E-state index is -0.313. The highest BCUT2D eigenvalue weighted by atomic mass is 127. The van der Waals surface area contributed by atoms with Crippen LogP contribution < -0.4 is 4.74 Å². The SMILES string of the molecule is CCCCOC(=O)COc1ccc(I)cc1. The molecule has 0 saturated carbocycles. The third-order valence-corrected chi connectivity index (χ3v) is 2.65. The average Bonchev–Trinajstić information content (AvgIpc) is 2.29. The van der Waals surface area contributed by atoms with E-state index in [-0.39, 0.29) is 12.6 Å². The highest BCUT2D eigenvalue weighted by Gasteiger charge is 2.03. The van der Waals surface area contributed by atoms with Crippen molar-refractivity contribution in [2.24, 2.45) is 0 Å². The van der Waals surface area contributed by atoms with E-state index in [2.05, 4.69) is 29.5 Å². The summed E-state index contributed by atoms with van der Waals surface area (Å²) >= 11 is 2.21. The van der Waals surface area contributed by atoms with Gasteiger partial charge in [0.1, 0.15) is 5.75 Å². The van der Waals surface area contributed by atoms with Crippen molar-refractivity contribution in [3.8, 4) is 5.75 Å². The highest BCUT2D eigenvalue weighted by molar-refractivity contribution is 14.1. The summed E-state index contributed by atoms with van der Waals surface area (Å²) in [6.45, 7) is 2.51. The molecule has 0 aliphatic rings. The summed E-state index contributed by atoms with van der Waals surface area (Å²) in [5.41, 5.74) is 0. The van der Waals surface area contributed by atoms with E-state index in [0.29, 0.717) is 12.4 Å². The second-order valence-corrected chi connectivity index (χ2v) is 4.56. The molecular weight excluding hydrogens is 319 g/mol. The lowest BCUT2D eigenvalue weighted by Gasteiger charge is -2.06. The monoisotopic (exact) mass is 334 g/mol. The number of hydrogen-bond donors (Lipinski definition) is 0. The molecule has 0 radical (unpaired) electrons. The van der Waals surface area contributed by atoms with Crippen molar-refractivity contribution in [3.63, 3.8) is 0 Å². The van der Waals surface area contributed by atoms with Crippen LogP contribution in [0.1, 0.15) is 19.8 Å². The third kappa shape index (κ3) is 5.34. The fraction of sp³-hybridized carbons (Fsp3) is 0.417. The van der Waals surface area contributed by atoms with Crippen molar-refractivity contribution in [1.82, 2.24) is 0 Å². The molecule has 4 heteroatoms. The van der Waals surface area contributed by atoms with Gasteiger partial charge in [-0.3, -0.25) is 0 Å². The van der Waals surface area contributed by atoms with Gasteiger partial charge in [0.25, 0.3) is 0 Å². The topological polar surface area (TPSA) is 35.5 Å².